The molecule has 0 unspecified atom stereocenters. The van der Waals surface area contributed by atoms with Gasteiger partial charge in [0.2, 0.25) is 0 Å². The molecule has 1 aliphatic carbocycles. The Morgan fingerprint density at radius 1 is 1.29 bits per heavy atom. The number of benzene rings is 1. The molecule has 138 valence electrons. The summed E-state index contributed by atoms with van der Waals surface area (Å²) in [6.45, 7) is 0.924. The maximum atomic E-state index is 11.2. The van der Waals surface area contributed by atoms with Crippen LogP contribution in [0.3, 0.4) is 0 Å². The van der Waals surface area contributed by atoms with E-state index >= 15 is 0 Å². The van der Waals surface area contributed by atoms with Gasteiger partial charge in [0.25, 0.3) is 0 Å². The van der Waals surface area contributed by atoms with Crippen LogP contribution in [0.15, 0.2) is 24.3 Å². The number of phosphoric acid groups is 1. The molecule has 1 aliphatic rings. The molecule has 0 aromatic heterocycles. The van der Waals surface area contributed by atoms with Crippen LogP contribution in [0, 0.1) is 5.92 Å². The lowest BCUT2D eigenvalue weighted by atomic mass is 9.71. The SMILES string of the molecule is COc1cccc([C@@]2(O)CCCC[C@@H]2CN(C)C)c1.O=P(O)(O)O. The number of hydrogen-bond acceptors (Lipinski definition) is 4. The number of nitrogens with zero attached hydrogens (tertiary/aromatic N) is 1. The molecule has 7 nitrogen and oxygen atoms in total. The largest absolute Gasteiger partial charge is 0.497 e. The van der Waals surface area contributed by atoms with E-state index in [2.05, 4.69) is 19.0 Å². The Kier molecular flexibility index (Phi) is 7.86. The standard InChI is InChI=1S/C16H25NO2.H3O4P/c1-17(2)12-14-7-4-5-10-16(14,18)13-8-6-9-15(11-13)19-3;1-5(2,3)4/h6,8-9,11,14,18H,4-5,7,10,12H2,1-3H3;(H3,1,2,3,4)/t14-,16+;/m1./s1. The zero-order valence-electron chi connectivity index (χ0n) is 14.4. The van der Waals surface area contributed by atoms with Crippen molar-refractivity contribution >= 4 is 7.82 Å². The van der Waals surface area contributed by atoms with Crippen molar-refractivity contribution in [2.45, 2.75) is 31.3 Å². The predicted octanol–water partition coefficient (Wildman–Crippen LogP) is 1.71. The van der Waals surface area contributed by atoms with Crippen LogP contribution in [0.4, 0.5) is 0 Å². The molecule has 0 bridgehead atoms. The van der Waals surface area contributed by atoms with E-state index in [4.69, 9.17) is 24.0 Å². The van der Waals surface area contributed by atoms with Gasteiger partial charge in [-0.3, -0.25) is 0 Å². The van der Waals surface area contributed by atoms with E-state index in [1.165, 1.54) is 6.42 Å². The van der Waals surface area contributed by atoms with Crippen LogP contribution in [-0.2, 0) is 10.2 Å². The second-order valence-electron chi connectivity index (χ2n) is 6.37. The van der Waals surface area contributed by atoms with E-state index < -0.39 is 13.4 Å². The van der Waals surface area contributed by atoms with E-state index in [9.17, 15) is 5.11 Å². The molecule has 0 spiro atoms. The Morgan fingerprint density at radius 2 is 1.92 bits per heavy atom. The van der Waals surface area contributed by atoms with Crippen molar-refractivity contribution < 1.29 is 29.1 Å². The summed E-state index contributed by atoms with van der Waals surface area (Å²) in [4.78, 5) is 23.7. The Labute approximate surface area is 143 Å². The molecule has 1 aromatic carbocycles. The summed E-state index contributed by atoms with van der Waals surface area (Å²) in [6.07, 6.45) is 4.24. The molecule has 0 amide bonds. The van der Waals surface area contributed by atoms with Crippen LogP contribution in [-0.4, -0.2) is 52.4 Å². The first kappa shape index (κ1) is 21.1. The van der Waals surface area contributed by atoms with Gasteiger partial charge >= 0.3 is 7.82 Å². The molecule has 2 atom stereocenters. The summed E-state index contributed by atoms with van der Waals surface area (Å²) in [5.41, 5.74) is 0.287. The molecule has 1 fully saturated rings. The quantitative estimate of drug-likeness (QED) is 0.604. The van der Waals surface area contributed by atoms with E-state index in [1.807, 2.05) is 24.3 Å². The minimum absolute atomic E-state index is 0.295. The van der Waals surface area contributed by atoms with Gasteiger partial charge in [-0.25, -0.2) is 4.57 Å². The number of ether oxygens (including phenoxy) is 1. The minimum atomic E-state index is -4.64. The van der Waals surface area contributed by atoms with E-state index in [1.54, 1.807) is 7.11 Å². The van der Waals surface area contributed by atoms with Crippen molar-refractivity contribution in [3.05, 3.63) is 29.8 Å². The van der Waals surface area contributed by atoms with Gasteiger partial charge in [-0.15, -0.1) is 0 Å². The number of aliphatic hydroxyl groups is 1. The second kappa shape index (κ2) is 8.94. The van der Waals surface area contributed by atoms with E-state index in [0.717, 1.165) is 37.1 Å². The third-order valence-electron chi connectivity index (χ3n) is 4.19. The lowest BCUT2D eigenvalue weighted by Gasteiger charge is -2.41. The summed E-state index contributed by atoms with van der Waals surface area (Å²) in [5.74, 6) is 1.11. The van der Waals surface area contributed by atoms with Gasteiger partial charge < -0.3 is 29.4 Å². The molecular formula is C16H28NO6P. The fourth-order valence-corrected chi connectivity index (χ4v) is 3.18. The Morgan fingerprint density at radius 3 is 2.46 bits per heavy atom. The summed E-state index contributed by atoms with van der Waals surface area (Å²) in [6, 6.07) is 7.90. The molecule has 1 aromatic rings. The summed E-state index contributed by atoms with van der Waals surface area (Å²) in [5, 5.41) is 11.2. The van der Waals surface area contributed by atoms with Crippen LogP contribution in [0.2, 0.25) is 0 Å². The Balaban J connectivity index is 0.000000505. The maximum Gasteiger partial charge on any atom is 0.466 e. The molecular weight excluding hydrogens is 333 g/mol. The highest BCUT2D eigenvalue weighted by molar-refractivity contribution is 7.45. The van der Waals surface area contributed by atoms with Crippen molar-refractivity contribution in [1.29, 1.82) is 0 Å². The molecule has 0 aliphatic heterocycles. The fraction of sp³-hybridized carbons (Fsp3) is 0.625. The maximum absolute atomic E-state index is 11.2. The van der Waals surface area contributed by atoms with Crippen LogP contribution in [0.1, 0.15) is 31.2 Å². The molecule has 0 radical (unpaired) electrons. The van der Waals surface area contributed by atoms with E-state index in [0.29, 0.717) is 5.92 Å². The average Bonchev–Trinajstić information content (AvgIpc) is 2.48. The molecule has 2 rings (SSSR count). The van der Waals surface area contributed by atoms with Gasteiger partial charge in [0.15, 0.2) is 0 Å². The molecule has 4 N–H and O–H groups in total. The first-order chi connectivity index (χ1) is 11.1. The summed E-state index contributed by atoms with van der Waals surface area (Å²) >= 11 is 0. The average molecular weight is 361 g/mol. The molecule has 24 heavy (non-hydrogen) atoms. The number of hydrogen-bond donors (Lipinski definition) is 4. The smallest absolute Gasteiger partial charge is 0.466 e. The van der Waals surface area contributed by atoms with Gasteiger partial charge in [-0.2, -0.15) is 0 Å². The van der Waals surface area contributed by atoms with Crippen molar-refractivity contribution in [3.63, 3.8) is 0 Å². The minimum Gasteiger partial charge on any atom is -0.497 e. The molecule has 1 saturated carbocycles. The third kappa shape index (κ3) is 6.89. The zero-order valence-corrected chi connectivity index (χ0v) is 15.3. The van der Waals surface area contributed by atoms with Gasteiger partial charge in [0, 0.05) is 12.5 Å². The van der Waals surface area contributed by atoms with Gasteiger partial charge in [-0.05, 0) is 44.6 Å². The number of methoxy groups -OCH3 is 1. The van der Waals surface area contributed by atoms with Crippen molar-refractivity contribution in [3.8, 4) is 5.75 Å². The highest BCUT2D eigenvalue weighted by Crippen LogP contribution is 2.42. The monoisotopic (exact) mass is 361 g/mol. The summed E-state index contributed by atoms with van der Waals surface area (Å²) < 4.78 is 14.2. The predicted molar refractivity (Wildman–Crippen MR) is 91.7 cm³/mol. The van der Waals surface area contributed by atoms with Crippen LogP contribution < -0.4 is 4.74 Å². The topological polar surface area (TPSA) is 110 Å². The fourth-order valence-electron chi connectivity index (χ4n) is 3.18. The first-order valence-electron chi connectivity index (χ1n) is 7.86. The second-order valence-corrected chi connectivity index (χ2v) is 7.40. The number of rotatable bonds is 4. The van der Waals surface area contributed by atoms with Crippen molar-refractivity contribution in [2.75, 3.05) is 27.7 Å². The van der Waals surface area contributed by atoms with Gasteiger partial charge in [-0.1, -0.05) is 25.0 Å². The molecule has 0 heterocycles. The Hall–Kier alpha value is -0.950. The van der Waals surface area contributed by atoms with E-state index in [-0.39, 0.29) is 0 Å². The lowest BCUT2D eigenvalue weighted by Crippen LogP contribution is -2.43. The van der Waals surface area contributed by atoms with Gasteiger partial charge in [0.05, 0.1) is 12.7 Å². The summed E-state index contributed by atoms with van der Waals surface area (Å²) in [7, 11) is 1.17. The van der Waals surface area contributed by atoms with Crippen molar-refractivity contribution in [1.82, 2.24) is 4.90 Å². The first-order valence-corrected chi connectivity index (χ1v) is 9.42. The normalized spacial score (nSPS) is 24.2. The highest BCUT2D eigenvalue weighted by Gasteiger charge is 2.40. The molecule has 0 saturated heterocycles. The Bertz CT molecular complexity index is 553. The molecule has 8 heteroatoms. The van der Waals surface area contributed by atoms with Crippen LogP contribution in [0.5, 0.6) is 5.75 Å². The van der Waals surface area contributed by atoms with Crippen LogP contribution >= 0.6 is 7.82 Å². The highest BCUT2D eigenvalue weighted by atomic mass is 31.2. The van der Waals surface area contributed by atoms with Crippen molar-refractivity contribution in [2.24, 2.45) is 5.92 Å². The van der Waals surface area contributed by atoms with Gasteiger partial charge in [0.1, 0.15) is 5.75 Å². The zero-order chi connectivity index (χ0) is 18.4. The lowest BCUT2D eigenvalue weighted by molar-refractivity contribution is -0.0619. The third-order valence-corrected chi connectivity index (χ3v) is 4.19. The van der Waals surface area contributed by atoms with Crippen LogP contribution in [0.25, 0.3) is 0 Å².